The van der Waals surface area contributed by atoms with Crippen LogP contribution in [0.4, 0.5) is 11.9 Å². The van der Waals surface area contributed by atoms with Crippen molar-refractivity contribution in [3.8, 4) is 23.3 Å². The Bertz CT molecular complexity index is 4390. The number of carbonyl (C=O) groups excluding carboxylic acids is 2. The number of hydrogen-bond acceptors (Lipinski definition) is 26. The molecule has 2 saturated heterocycles. The summed E-state index contributed by atoms with van der Waals surface area (Å²) in [4.78, 5) is 52.7. The van der Waals surface area contributed by atoms with Gasteiger partial charge < -0.3 is 68.9 Å². The number of aromatic nitrogens is 8. The number of fused-ring (bicyclic) bond motifs is 4. The highest BCUT2D eigenvalue weighted by molar-refractivity contribution is 7.52. The van der Waals surface area contributed by atoms with Crippen LogP contribution in [-0.2, 0) is 46.7 Å². The van der Waals surface area contributed by atoms with Gasteiger partial charge in [0.1, 0.15) is 59.2 Å². The van der Waals surface area contributed by atoms with Crippen LogP contribution in [0.5, 0.6) is 23.3 Å². The zero-order valence-electron chi connectivity index (χ0n) is 60.1. The average Bonchev–Trinajstić information content (AvgIpc) is 1.60. The molecule has 105 heavy (non-hydrogen) atoms. The van der Waals surface area contributed by atoms with Gasteiger partial charge in [0.05, 0.1) is 52.3 Å². The molecule has 0 radical (unpaired) electrons. The molecule has 2 fully saturated rings. The summed E-state index contributed by atoms with van der Waals surface area (Å²) in [5.74, 6) is -0.276. The van der Waals surface area contributed by atoms with Crippen molar-refractivity contribution in [2.75, 3.05) is 57.7 Å². The average molecular weight is 1490 g/mol. The topological polar surface area (TPSA) is 391 Å². The summed E-state index contributed by atoms with van der Waals surface area (Å²) in [5.41, 5.74) is 3.18. The number of allylic oxidation sites excluding steroid dienone is 2. The Balaban J connectivity index is 0.000000243. The molecule has 4 aromatic carbocycles. The second-order valence-electron chi connectivity index (χ2n) is 26.4. The number of nitrogen functional groups attached to an aromatic ring is 1. The number of esters is 2. The summed E-state index contributed by atoms with van der Waals surface area (Å²) in [6, 6.07) is 23.2. The van der Waals surface area contributed by atoms with Gasteiger partial charge in [0.25, 0.3) is 0 Å². The molecule has 0 amide bonds. The third-order valence-electron chi connectivity index (χ3n) is 17.1. The van der Waals surface area contributed by atoms with Crippen molar-refractivity contribution in [2.45, 2.75) is 153 Å². The predicted octanol–water partition coefficient (Wildman–Crippen LogP) is 10.9. The number of nitrogens with zero attached hydrogens (tertiary/aromatic N) is 8. The van der Waals surface area contributed by atoms with Crippen LogP contribution in [0.2, 0.25) is 0 Å². The molecule has 32 heteroatoms. The minimum atomic E-state index is -4.44. The molecule has 12 atom stereocenters. The van der Waals surface area contributed by atoms with Crippen molar-refractivity contribution in [2.24, 2.45) is 11.8 Å². The quantitative estimate of drug-likeness (QED) is 0.00768. The third-order valence-corrected chi connectivity index (χ3v) is 20.2. The fraction of sp³-hybridized carbons (Fsp3) is 0.452. The molecule has 10 rings (SSSR count). The van der Waals surface area contributed by atoms with E-state index in [2.05, 4.69) is 71.7 Å². The van der Waals surface area contributed by atoms with Crippen LogP contribution in [0, 0.1) is 11.8 Å². The highest BCUT2D eigenvalue weighted by atomic mass is 31.2. The second-order valence-corrected chi connectivity index (χ2v) is 29.8. The lowest BCUT2D eigenvalue weighted by molar-refractivity contribution is -0.147. The molecule has 6 unspecified atom stereocenters. The molecule has 0 spiro atoms. The predicted molar refractivity (Wildman–Crippen MR) is 396 cm³/mol. The number of imidazole rings is 2. The number of rotatable bonds is 39. The molecule has 30 nitrogen and oxygen atoms in total. The molecule has 0 aliphatic carbocycles. The third kappa shape index (κ3) is 20.1. The molecule has 4 aromatic heterocycles. The molecule has 2 aliphatic heterocycles. The Morgan fingerprint density at radius 3 is 1.43 bits per heavy atom. The zero-order chi connectivity index (χ0) is 75.6. The SMILES string of the molecule is C=CCCCOC(=O)[C@H](CC(C)C)NP(=O)(OCC1OC(n2cnc3c(OCCC=C)nc(N)nc32)[C@](C)(O)[C@@H]1O)Oc1cccc2ccccc12.C=CCCCOC(=O)[C@H](CC(C)C)NP(=O)(OCC1OC(n2cnc3c(OCCC=C)nc(NC)nc32)[C@](C)(O)[C@@H]1O)Oc1cccc2ccccc12. The zero-order valence-corrected chi connectivity index (χ0v) is 61.9. The van der Waals surface area contributed by atoms with Crippen molar-refractivity contribution in [3.63, 3.8) is 0 Å². The summed E-state index contributed by atoms with van der Waals surface area (Å²) in [7, 11) is -7.23. The van der Waals surface area contributed by atoms with E-state index in [4.69, 9.17) is 52.2 Å². The number of aliphatic hydroxyl groups excluding tert-OH is 2. The summed E-state index contributed by atoms with van der Waals surface area (Å²) in [6.45, 7) is 25.1. The minimum Gasteiger partial charge on any atom is -0.476 e. The Hall–Kier alpha value is -8.74. The van der Waals surface area contributed by atoms with E-state index in [1.165, 1.54) is 35.6 Å². The van der Waals surface area contributed by atoms with Crippen molar-refractivity contribution in [1.82, 2.24) is 49.2 Å². The Kier molecular flexibility index (Phi) is 27.9. The van der Waals surface area contributed by atoms with Gasteiger partial charge in [0.15, 0.2) is 34.8 Å². The van der Waals surface area contributed by atoms with Crippen molar-refractivity contribution >= 4 is 83.2 Å². The van der Waals surface area contributed by atoms with E-state index in [-0.39, 0.29) is 96.5 Å². The summed E-state index contributed by atoms with van der Waals surface area (Å²) < 4.78 is 91.7. The lowest BCUT2D eigenvalue weighted by Gasteiger charge is -2.28. The largest absolute Gasteiger partial charge is 0.476 e. The molecule has 0 saturated carbocycles. The monoisotopic (exact) mass is 1490 g/mol. The van der Waals surface area contributed by atoms with E-state index in [0.717, 1.165) is 10.8 Å². The second kappa shape index (κ2) is 36.5. The first kappa shape index (κ1) is 80.4. The number of anilines is 2. The van der Waals surface area contributed by atoms with Crippen LogP contribution in [0.1, 0.15) is 105 Å². The van der Waals surface area contributed by atoms with Gasteiger partial charge in [-0.15, -0.1) is 26.3 Å². The van der Waals surface area contributed by atoms with Crippen LogP contribution >= 0.6 is 15.5 Å². The standard InChI is InChI=1S/C37H49N6O9P.C36H47N6O9P/c1-7-9-13-20-49-34(45)27(21-24(3)4)42-53(47,52-28-18-14-16-25-15-11-12-17-26(25)28)50-22-29-31(44)37(5,46)35(51-29)43-23-39-30-32(43)40-36(38-6)41-33(30)48-19-10-8-2;1-6-8-12-19-48-33(44)26(20-23(3)4)41-52(46,51-27-17-13-15-24-14-10-11-16-25(24)27)49-21-28-30(43)36(5,45)34(50-28)42-22-38-29-31(42)39-35(37)40-32(29)47-18-9-7-2/h7-8,11-12,14-18,23-24,27,29,31,35,44,46H,1-2,9-10,13,19-22H2,3-6H3,(H,42,47)(H,38,40,41);6-7,10-11,13-17,22-23,26,28,30,34,43,45H,1-2,8-9,12,18-21H2,3-5H3,(H,41,46)(H2,37,39,40)/t27-,29?,31+,35?,37+,53?;26-,28?,30+,34?,36+,52?/m00/s1. The molecule has 8 aromatic rings. The number of hydrogen-bond donors (Lipinski definition) is 8. The van der Waals surface area contributed by atoms with E-state index in [9.17, 15) is 39.1 Å². The van der Waals surface area contributed by atoms with Gasteiger partial charge in [0.2, 0.25) is 23.7 Å². The van der Waals surface area contributed by atoms with E-state index in [1.54, 1.807) is 55.6 Å². The Morgan fingerprint density at radius 1 is 0.600 bits per heavy atom. The van der Waals surface area contributed by atoms with E-state index in [1.807, 2.05) is 88.4 Å². The fourth-order valence-electron chi connectivity index (χ4n) is 11.7. The van der Waals surface area contributed by atoms with Gasteiger partial charge >= 0.3 is 27.4 Å². The van der Waals surface area contributed by atoms with Crippen molar-refractivity contribution in [1.29, 1.82) is 0 Å². The lowest BCUT2D eigenvalue weighted by Crippen LogP contribution is -2.44. The van der Waals surface area contributed by atoms with Gasteiger partial charge in [-0.1, -0.05) is 125 Å². The van der Waals surface area contributed by atoms with Gasteiger partial charge in [-0.25, -0.2) is 19.1 Å². The molecule has 6 heterocycles. The summed E-state index contributed by atoms with van der Waals surface area (Å²) in [6.07, 6.45) is 5.76. The van der Waals surface area contributed by atoms with E-state index < -0.39 is 101 Å². The number of unbranched alkanes of at least 4 members (excludes halogenated alkanes) is 2. The maximum atomic E-state index is 14.8. The number of carbonyl (C=O) groups is 2. The Labute approximate surface area is 609 Å². The number of nitrogens with two attached hydrogens (primary N) is 1. The molecule has 9 N–H and O–H groups in total. The maximum absolute atomic E-state index is 14.8. The molecule has 566 valence electrons. The minimum absolute atomic E-state index is 0.000197. The lowest BCUT2D eigenvalue weighted by atomic mass is 9.96. The molecule has 0 bridgehead atoms. The van der Waals surface area contributed by atoms with Gasteiger partial charge in [-0.2, -0.15) is 30.1 Å². The number of nitrogens with one attached hydrogen (secondary N) is 3. The number of benzene rings is 4. The number of aliphatic hydroxyl groups is 4. The van der Waals surface area contributed by atoms with Crippen LogP contribution in [0.25, 0.3) is 43.9 Å². The highest BCUT2D eigenvalue weighted by Gasteiger charge is 2.56. The van der Waals surface area contributed by atoms with Crippen molar-refractivity contribution < 1.29 is 85.7 Å². The first-order valence-corrected chi connectivity index (χ1v) is 37.8. The first-order valence-electron chi connectivity index (χ1n) is 34.7. The molecular weight excluding hydrogens is 1390 g/mol. The highest BCUT2D eigenvalue weighted by Crippen LogP contribution is 2.51. The van der Waals surface area contributed by atoms with Gasteiger partial charge in [0, 0.05) is 17.8 Å². The molecule has 2 aliphatic rings. The van der Waals surface area contributed by atoms with Crippen LogP contribution < -0.4 is 39.7 Å². The first-order chi connectivity index (χ1) is 50.3. The van der Waals surface area contributed by atoms with Gasteiger partial charge in [-0.05, 0) is 100.0 Å². The van der Waals surface area contributed by atoms with E-state index in [0.29, 0.717) is 61.4 Å². The van der Waals surface area contributed by atoms with Crippen molar-refractivity contribution in [3.05, 3.63) is 148 Å². The summed E-state index contributed by atoms with van der Waals surface area (Å²) in [5, 5.41) is 57.5. The van der Waals surface area contributed by atoms with Crippen LogP contribution in [0.15, 0.2) is 148 Å². The maximum Gasteiger partial charge on any atom is 0.459 e. The normalized spacial score (nSPS) is 21.8. The van der Waals surface area contributed by atoms with Crippen LogP contribution in [0.3, 0.4) is 0 Å². The summed E-state index contributed by atoms with van der Waals surface area (Å²) >= 11 is 0. The smallest absolute Gasteiger partial charge is 0.459 e. The van der Waals surface area contributed by atoms with E-state index >= 15 is 0 Å². The molecular formula is C73H96N12O18P2. The number of ether oxygens (including phenoxy) is 6. The fourth-order valence-corrected chi connectivity index (χ4v) is 14.8. The van der Waals surface area contributed by atoms with Gasteiger partial charge in [-0.3, -0.25) is 27.8 Å². The Morgan fingerprint density at radius 2 is 1.01 bits per heavy atom. The van der Waals surface area contributed by atoms with Crippen LogP contribution in [-0.4, -0.2) is 166 Å².